The zero-order chi connectivity index (χ0) is 22.0. The second-order valence-corrected chi connectivity index (χ2v) is 9.11. The van der Waals surface area contributed by atoms with E-state index in [-0.39, 0.29) is 36.2 Å². The first-order chi connectivity index (χ1) is 14.9. The number of fused-ring (bicyclic) bond motifs is 1. The normalized spacial score (nSPS) is 16.4. The number of sulfonamides is 1. The molecule has 4 rings (SSSR count). The molecule has 2 aromatic carbocycles. The molecule has 1 fully saturated rings. The van der Waals surface area contributed by atoms with Crippen LogP contribution in [-0.2, 0) is 32.7 Å². The number of hydrogen-bond acceptors (Lipinski definition) is 8. The third kappa shape index (κ3) is 4.38. The van der Waals surface area contributed by atoms with Gasteiger partial charge in [0.25, 0.3) is 5.69 Å². The van der Waals surface area contributed by atoms with Crippen LogP contribution in [0.15, 0.2) is 41.3 Å². The van der Waals surface area contributed by atoms with Crippen LogP contribution in [0.25, 0.3) is 0 Å². The van der Waals surface area contributed by atoms with Crippen LogP contribution in [0, 0.1) is 10.1 Å². The van der Waals surface area contributed by atoms with Gasteiger partial charge in [-0.2, -0.15) is 4.31 Å². The van der Waals surface area contributed by atoms with Gasteiger partial charge in [0.15, 0.2) is 6.79 Å². The Kier molecular flexibility index (Phi) is 5.90. The van der Waals surface area contributed by atoms with Gasteiger partial charge < -0.3 is 14.2 Å². The molecule has 2 aliphatic heterocycles. The highest BCUT2D eigenvalue weighted by atomic mass is 32.2. The van der Waals surface area contributed by atoms with Gasteiger partial charge in [-0.3, -0.25) is 10.1 Å². The molecule has 0 bridgehead atoms. The molecule has 0 radical (unpaired) electrons. The number of nitro benzene ring substituents is 1. The SMILES string of the molecule is O=C(OCc1cc([N+](=O)[O-])cc2c1OCOC2)c1cccc(S(=O)(=O)N2CCCC2)c1. The van der Waals surface area contributed by atoms with Gasteiger partial charge in [-0.25, -0.2) is 13.2 Å². The van der Waals surface area contributed by atoms with E-state index >= 15 is 0 Å². The summed E-state index contributed by atoms with van der Waals surface area (Å²) in [6.45, 7) is 0.777. The fourth-order valence-corrected chi connectivity index (χ4v) is 5.14. The Labute approximate surface area is 178 Å². The quantitative estimate of drug-likeness (QED) is 0.375. The Hall–Kier alpha value is -3.02. The molecule has 0 spiro atoms. The number of benzene rings is 2. The highest BCUT2D eigenvalue weighted by molar-refractivity contribution is 7.89. The molecule has 0 aromatic heterocycles. The average Bonchev–Trinajstić information content (AvgIpc) is 3.33. The number of carbonyl (C=O) groups excluding carboxylic acids is 1. The zero-order valence-electron chi connectivity index (χ0n) is 16.5. The predicted molar refractivity (Wildman–Crippen MR) is 107 cm³/mol. The molecule has 0 atom stereocenters. The number of non-ortho nitro benzene ring substituents is 1. The van der Waals surface area contributed by atoms with E-state index in [1.165, 1.54) is 40.7 Å². The van der Waals surface area contributed by atoms with E-state index in [4.69, 9.17) is 14.2 Å². The Morgan fingerprint density at radius 1 is 1.19 bits per heavy atom. The van der Waals surface area contributed by atoms with E-state index in [1.807, 2.05) is 0 Å². The summed E-state index contributed by atoms with van der Waals surface area (Å²) in [4.78, 5) is 23.2. The van der Waals surface area contributed by atoms with Crippen molar-refractivity contribution in [2.75, 3.05) is 19.9 Å². The number of hydrogen-bond donors (Lipinski definition) is 0. The molecule has 2 aromatic rings. The van der Waals surface area contributed by atoms with Crippen molar-refractivity contribution < 1.29 is 32.3 Å². The minimum absolute atomic E-state index is 0.0117. The first kappa shape index (κ1) is 21.2. The van der Waals surface area contributed by atoms with Crippen molar-refractivity contribution in [2.24, 2.45) is 0 Å². The molecule has 2 aliphatic rings. The Bertz CT molecular complexity index is 1130. The summed E-state index contributed by atoms with van der Waals surface area (Å²) < 4.78 is 42.8. The molecule has 2 heterocycles. The van der Waals surface area contributed by atoms with Crippen molar-refractivity contribution in [3.05, 3.63) is 63.2 Å². The van der Waals surface area contributed by atoms with Crippen LogP contribution in [-0.4, -0.2) is 43.5 Å². The van der Waals surface area contributed by atoms with Crippen molar-refractivity contribution in [2.45, 2.75) is 31.0 Å². The Morgan fingerprint density at radius 3 is 2.71 bits per heavy atom. The Morgan fingerprint density at radius 2 is 1.97 bits per heavy atom. The van der Waals surface area contributed by atoms with Crippen LogP contribution < -0.4 is 4.74 Å². The topological polar surface area (TPSA) is 125 Å². The molecule has 0 N–H and O–H groups in total. The molecule has 1 saturated heterocycles. The summed E-state index contributed by atoms with van der Waals surface area (Å²) in [5.41, 5.74) is 0.730. The predicted octanol–water partition coefficient (Wildman–Crippen LogP) is 2.60. The lowest BCUT2D eigenvalue weighted by atomic mass is 10.1. The molecule has 0 unspecified atom stereocenters. The van der Waals surface area contributed by atoms with Crippen LogP contribution in [0.2, 0.25) is 0 Å². The van der Waals surface area contributed by atoms with Gasteiger partial charge in [-0.1, -0.05) is 6.07 Å². The average molecular weight is 448 g/mol. The van der Waals surface area contributed by atoms with E-state index in [9.17, 15) is 23.3 Å². The third-order valence-corrected chi connectivity index (χ3v) is 7.01. The van der Waals surface area contributed by atoms with Crippen LogP contribution in [0.5, 0.6) is 5.75 Å². The van der Waals surface area contributed by atoms with E-state index in [0.717, 1.165) is 12.8 Å². The van der Waals surface area contributed by atoms with E-state index in [2.05, 4.69) is 0 Å². The lowest BCUT2D eigenvalue weighted by Gasteiger charge is -2.20. The fourth-order valence-electron chi connectivity index (χ4n) is 3.58. The van der Waals surface area contributed by atoms with Gasteiger partial charge in [-0.05, 0) is 31.0 Å². The van der Waals surface area contributed by atoms with Crippen LogP contribution in [0.1, 0.15) is 34.3 Å². The minimum atomic E-state index is -3.67. The van der Waals surface area contributed by atoms with Crippen molar-refractivity contribution in [1.82, 2.24) is 4.31 Å². The van der Waals surface area contributed by atoms with Gasteiger partial charge in [0.1, 0.15) is 12.4 Å². The number of ether oxygens (including phenoxy) is 3. The van der Waals surface area contributed by atoms with Crippen molar-refractivity contribution in [1.29, 1.82) is 0 Å². The number of esters is 1. The first-order valence-electron chi connectivity index (χ1n) is 9.64. The summed E-state index contributed by atoms with van der Waals surface area (Å²) in [7, 11) is -3.67. The molecular weight excluding hydrogens is 428 g/mol. The summed E-state index contributed by atoms with van der Waals surface area (Å²) in [6, 6.07) is 8.30. The molecule has 0 saturated carbocycles. The smallest absolute Gasteiger partial charge is 0.338 e. The lowest BCUT2D eigenvalue weighted by Crippen LogP contribution is -2.28. The third-order valence-electron chi connectivity index (χ3n) is 5.11. The minimum Gasteiger partial charge on any atom is -0.467 e. The number of nitro groups is 1. The standard InChI is InChI=1S/C20H20N2O8S/c23-20(14-4-3-5-18(10-14)31(26,27)21-6-1-2-7-21)29-12-16-9-17(22(24)25)8-15-11-28-13-30-19(15)16/h3-5,8-10H,1-2,6-7,11-13H2. The van der Waals surface area contributed by atoms with Gasteiger partial charge >= 0.3 is 5.97 Å². The van der Waals surface area contributed by atoms with Crippen LogP contribution in [0.4, 0.5) is 5.69 Å². The number of rotatable bonds is 6. The summed E-state index contributed by atoms with van der Waals surface area (Å²) in [6.07, 6.45) is 1.61. The maximum absolute atomic E-state index is 12.7. The molecule has 0 aliphatic carbocycles. The van der Waals surface area contributed by atoms with Crippen LogP contribution >= 0.6 is 0 Å². The van der Waals surface area contributed by atoms with E-state index in [1.54, 1.807) is 0 Å². The Balaban J connectivity index is 1.53. The van der Waals surface area contributed by atoms with Gasteiger partial charge in [-0.15, -0.1) is 0 Å². The molecule has 164 valence electrons. The summed E-state index contributed by atoms with van der Waals surface area (Å²) in [5, 5.41) is 11.2. The van der Waals surface area contributed by atoms with E-state index in [0.29, 0.717) is 30.0 Å². The number of nitrogens with zero attached hydrogens (tertiary/aromatic N) is 2. The lowest BCUT2D eigenvalue weighted by molar-refractivity contribution is -0.385. The zero-order valence-corrected chi connectivity index (χ0v) is 17.3. The second kappa shape index (κ2) is 8.61. The maximum atomic E-state index is 12.7. The second-order valence-electron chi connectivity index (χ2n) is 7.18. The van der Waals surface area contributed by atoms with Crippen molar-refractivity contribution in [3.63, 3.8) is 0 Å². The molecule has 31 heavy (non-hydrogen) atoms. The monoisotopic (exact) mass is 448 g/mol. The van der Waals surface area contributed by atoms with Crippen molar-refractivity contribution in [3.8, 4) is 5.75 Å². The maximum Gasteiger partial charge on any atom is 0.338 e. The van der Waals surface area contributed by atoms with E-state index < -0.39 is 20.9 Å². The highest BCUT2D eigenvalue weighted by Gasteiger charge is 2.28. The van der Waals surface area contributed by atoms with Gasteiger partial charge in [0.2, 0.25) is 10.0 Å². The summed E-state index contributed by atoms with van der Waals surface area (Å²) >= 11 is 0. The van der Waals surface area contributed by atoms with Crippen LogP contribution in [0.3, 0.4) is 0 Å². The van der Waals surface area contributed by atoms with Gasteiger partial charge in [0, 0.05) is 36.3 Å². The number of carbonyl (C=O) groups is 1. The molecule has 11 heteroatoms. The summed E-state index contributed by atoms with van der Waals surface area (Å²) in [5.74, 6) is -0.360. The highest BCUT2D eigenvalue weighted by Crippen LogP contribution is 2.33. The molecule has 0 amide bonds. The first-order valence-corrected chi connectivity index (χ1v) is 11.1. The molecular formula is C20H20N2O8S. The van der Waals surface area contributed by atoms with Gasteiger partial charge in [0.05, 0.1) is 22.0 Å². The fraction of sp³-hybridized carbons (Fsp3) is 0.350. The largest absolute Gasteiger partial charge is 0.467 e. The van der Waals surface area contributed by atoms with Crippen molar-refractivity contribution >= 4 is 21.7 Å². The molecule has 10 nitrogen and oxygen atoms in total.